The molecule has 0 bridgehead atoms. The second-order valence-corrected chi connectivity index (χ2v) is 4.69. The molecule has 2 aromatic rings. The summed E-state index contributed by atoms with van der Waals surface area (Å²) in [6.07, 6.45) is -3.91. The van der Waals surface area contributed by atoms with Gasteiger partial charge in [0.1, 0.15) is 16.5 Å². The minimum atomic E-state index is -4.86. The molecule has 2 rings (SSSR count). The van der Waals surface area contributed by atoms with Crippen molar-refractivity contribution in [3.8, 4) is 5.75 Å². The zero-order chi connectivity index (χ0) is 16.4. The number of alkyl halides is 5. The molecule has 0 fully saturated rings. The van der Waals surface area contributed by atoms with Crippen LogP contribution in [0.25, 0.3) is 0 Å². The summed E-state index contributed by atoms with van der Waals surface area (Å²) >= 11 is 5.38. The maximum absolute atomic E-state index is 13.9. The average Bonchev–Trinajstić information content (AvgIpc) is 2.45. The van der Waals surface area contributed by atoms with Gasteiger partial charge in [0.2, 0.25) is 0 Å². The Balaban J connectivity index is 2.24. The van der Waals surface area contributed by atoms with E-state index in [0.717, 1.165) is 24.4 Å². The monoisotopic (exact) mass is 337 g/mol. The third-order valence-corrected chi connectivity index (χ3v) is 3.04. The summed E-state index contributed by atoms with van der Waals surface area (Å²) in [7, 11) is 0. The second-order valence-electron chi connectivity index (χ2n) is 4.33. The summed E-state index contributed by atoms with van der Waals surface area (Å²) in [4.78, 5) is 3.29. The Labute approximate surface area is 127 Å². The summed E-state index contributed by atoms with van der Waals surface area (Å²) < 4.78 is 71.1. The van der Waals surface area contributed by atoms with E-state index in [-0.39, 0.29) is 5.56 Å². The van der Waals surface area contributed by atoms with Gasteiger partial charge >= 0.3 is 12.1 Å². The molecule has 2 nitrogen and oxygen atoms in total. The smallest absolute Gasteiger partial charge is 0.422 e. The third kappa shape index (κ3) is 3.65. The number of aromatic nitrogens is 1. The number of benzene rings is 1. The molecule has 0 aliphatic heterocycles. The lowest BCUT2D eigenvalue weighted by Crippen LogP contribution is -2.24. The summed E-state index contributed by atoms with van der Waals surface area (Å²) in [6.45, 7) is -1.25. The first kappa shape index (κ1) is 16.5. The Hall–Kier alpha value is -1.89. The van der Waals surface area contributed by atoms with Crippen molar-refractivity contribution in [2.45, 2.75) is 12.1 Å². The Bertz CT molecular complexity index is 645. The lowest BCUT2D eigenvalue weighted by atomic mass is 10.1. The highest BCUT2D eigenvalue weighted by molar-refractivity contribution is 6.30. The van der Waals surface area contributed by atoms with Crippen molar-refractivity contribution in [1.82, 2.24) is 4.98 Å². The summed E-state index contributed by atoms with van der Waals surface area (Å²) in [5, 5.41) is -0.854. The van der Waals surface area contributed by atoms with Crippen molar-refractivity contribution >= 4 is 11.6 Å². The van der Waals surface area contributed by atoms with Gasteiger partial charge in [-0.3, -0.25) is 0 Å². The molecule has 0 aliphatic rings. The Morgan fingerprint density at radius 1 is 1.00 bits per heavy atom. The van der Waals surface area contributed by atoms with E-state index in [9.17, 15) is 22.0 Å². The molecule has 1 heterocycles. The lowest BCUT2D eigenvalue weighted by molar-refractivity contribution is -0.140. The molecule has 0 saturated heterocycles. The normalized spacial score (nSPS) is 12.3. The van der Waals surface area contributed by atoms with Crippen LogP contribution in [-0.2, 0) is 12.1 Å². The minimum absolute atomic E-state index is 0.358. The number of hydrogen-bond donors (Lipinski definition) is 0. The van der Waals surface area contributed by atoms with Gasteiger partial charge < -0.3 is 4.74 Å². The highest BCUT2D eigenvalue weighted by Gasteiger charge is 2.39. The van der Waals surface area contributed by atoms with E-state index in [1.807, 2.05) is 0 Å². The molecule has 0 saturated carbocycles. The fraction of sp³-hybridized carbons (Fsp3) is 0.214. The van der Waals surface area contributed by atoms with Gasteiger partial charge in [0.05, 0.1) is 0 Å². The molecule has 1 aromatic heterocycles. The van der Waals surface area contributed by atoms with Gasteiger partial charge in [0.15, 0.2) is 6.61 Å². The number of rotatable bonds is 4. The summed E-state index contributed by atoms with van der Waals surface area (Å²) in [5.41, 5.74) is -1.73. The molecule has 1 aromatic carbocycles. The van der Waals surface area contributed by atoms with E-state index in [0.29, 0.717) is 0 Å². The summed E-state index contributed by atoms with van der Waals surface area (Å²) in [6, 6.07) is 7.50. The standard InChI is InChI=1S/C14H9ClF5NO/c15-12-11(14(18,19)20)10(6-7-21-12)22-8-13(16,17)9-4-2-1-3-5-9/h1-7H,8H2. The van der Waals surface area contributed by atoms with E-state index in [2.05, 4.69) is 9.72 Å². The molecular weight excluding hydrogens is 329 g/mol. The molecule has 0 aliphatic carbocycles. The second kappa shape index (κ2) is 6.08. The van der Waals surface area contributed by atoms with Crippen molar-refractivity contribution in [2.75, 3.05) is 6.61 Å². The molecule has 0 amide bonds. The zero-order valence-corrected chi connectivity index (χ0v) is 11.6. The van der Waals surface area contributed by atoms with Gasteiger partial charge in [-0.05, 0) is 6.07 Å². The van der Waals surface area contributed by atoms with E-state index in [4.69, 9.17) is 11.6 Å². The predicted octanol–water partition coefficient (Wildman–Crippen LogP) is 4.92. The maximum atomic E-state index is 13.9. The Morgan fingerprint density at radius 3 is 2.23 bits per heavy atom. The minimum Gasteiger partial charge on any atom is -0.486 e. The first-order valence-corrected chi connectivity index (χ1v) is 6.37. The average molecular weight is 338 g/mol. The fourth-order valence-electron chi connectivity index (χ4n) is 1.73. The number of halogens is 6. The largest absolute Gasteiger partial charge is 0.486 e. The molecule has 0 spiro atoms. The highest BCUT2D eigenvalue weighted by atomic mass is 35.5. The number of ether oxygens (including phenoxy) is 1. The van der Waals surface area contributed by atoms with Gasteiger partial charge in [-0.15, -0.1) is 0 Å². The molecule has 0 N–H and O–H groups in total. The van der Waals surface area contributed by atoms with Crippen LogP contribution >= 0.6 is 11.6 Å². The number of pyridine rings is 1. The van der Waals surface area contributed by atoms with Crippen molar-refractivity contribution in [3.05, 3.63) is 58.9 Å². The topological polar surface area (TPSA) is 22.1 Å². The quantitative estimate of drug-likeness (QED) is 0.583. The van der Waals surface area contributed by atoms with Crippen LogP contribution in [0.2, 0.25) is 5.15 Å². The molecule has 0 atom stereocenters. The maximum Gasteiger partial charge on any atom is 0.422 e. The van der Waals surface area contributed by atoms with E-state index < -0.39 is 35.2 Å². The lowest BCUT2D eigenvalue weighted by Gasteiger charge is -2.19. The molecule has 0 unspecified atom stereocenters. The summed E-state index contributed by atoms with van der Waals surface area (Å²) in [5.74, 6) is -4.23. The van der Waals surface area contributed by atoms with Gasteiger partial charge in [0, 0.05) is 11.8 Å². The predicted molar refractivity (Wildman–Crippen MR) is 70.1 cm³/mol. The van der Waals surface area contributed by atoms with Crippen LogP contribution in [0.4, 0.5) is 22.0 Å². The van der Waals surface area contributed by atoms with Crippen molar-refractivity contribution in [3.63, 3.8) is 0 Å². The molecule has 22 heavy (non-hydrogen) atoms. The van der Waals surface area contributed by atoms with Crippen LogP contribution in [-0.4, -0.2) is 11.6 Å². The molecule has 0 radical (unpaired) electrons. The van der Waals surface area contributed by atoms with Gasteiger partial charge in [-0.2, -0.15) is 22.0 Å². The van der Waals surface area contributed by atoms with Gasteiger partial charge in [0.25, 0.3) is 0 Å². The Morgan fingerprint density at radius 2 is 1.64 bits per heavy atom. The molecule has 8 heteroatoms. The van der Waals surface area contributed by atoms with Crippen LogP contribution in [0.5, 0.6) is 5.75 Å². The number of hydrogen-bond acceptors (Lipinski definition) is 2. The molecular formula is C14H9ClF5NO. The Kier molecular flexibility index (Phi) is 4.55. The van der Waals surface area contributed by atoms with Gasteiger partial charge in [-0.25, -0.2) is 4.98 Å². The van der Waals surface area contributed by atoms with Crippen molar-refractivity contribution < 1.29 is 26.7 Å². The molecule has 118 valence electrons. The fourth-order valence-corrected chi connectivity index (χ4v) is 1.99. The van der Waals surface area contributed by atoms with Crippen LogP contribution in [0.1, 0.15) is 11.1 Å². The van der Waals surface area contributed by atoms with Crippen LogP contribution in [0.15, 0.2) is 42.6 Å². The van der Waals surface area contributed by atoms with Crippen molar-refractivity contribution in [2.24, 2.45) is 0 Å². The van der Waals surface area contributed by atoms with Crippen LogP contribution < -0.4 is 4.74 Å². The zero-order valence-electron chi connectivity index (χ0n) is 10.9. The highest BCUT2D eigenvalue weighted by Crippen LogP contribution is 2.40. The third-order valence-electron chi connectivity index (χ3n) is 2.76. The van der Waals surface area contributed by atoms with Crippen LogP contribution in [0.3, 0.4) is 0 Å². The first-order chi connectivity index (χ1) is 10.2. The first-order valence-electron chi connectivity index (χ1n) is 5.99. The van der Waals surface area contributed by atoms with Crippen molar-refractivity contribution in [1.29, 1.82) is 0 Å². The van der Waals surface area contributed by atoms with Crippen LogP contribution in [0, 0.1) is 0 Å². The van der Waals surface area contributed by atoms with Gasteiger partial charge in [-0.1, -0.05) is 41.9 Å². The number of nitrogens with zero attached hydrogens (tertiary/aromatic N) is 1. The van der Waals surface area contributed by atoms with E-state index in [1.54, 1.807) is 6.07 Å². The van der Waals surface area contributed by atoms with E-state index in [1.165, 1.54) is 12.1 Å². The van der Waals surface area contributed by atoms with E-state index >= 15 is 0 Å². The SMILES string of the molecule is FC(F)(F)c1c(OCC(F)(F)c2ccccc2)ccnc1Cl.